The second kappa shape index (κ2) is 7.36. The maximum absolute atomic E-state index is 13.7. The van der Waals surface area contributed by atoms with Crippen molar-refractivity contribution in [3.05, 3.63) is 83.7 Å². The van der Waals surface area contributed by atoms with E-state index in [-0.39, 0.29) is 5.56 Å². The number of halogens is 1. The summed E-state index contributed by atoms with van der Waals surface area (Å²) in [4.78, 5) is 16.5. The summed E-state index contributed by atoms with van der Waals surface area (Å²) in [6.45, 7) is 1.70. The van der Waals surface area contributed by atoms with Crippen molar-refractivity contribution in [2.45, 2.75) is 6.92 Å². The van der Waals surface area contributed by atoms with Gasteiger partial charge in [0.2, 0.25) is 0 Å². The third-order valence-corrected chi connectivity index (χ3v) is 4.98. The predicted molar refractivity (Wildman–Crippen MR) is 111 cm³/mol. The number of rotatable bonds is 4. The van der Waals surface area contributed by atoms with Gasteiger partial charge in [-0.2, -0.15) is 0 Å². The largest absolute Gasteiger partial charge is 0.496 e. The van der Waals surface area contributed by atoms with Gasteiger partial charge in [0.15, 0.2) is 0 Å². The zero-order valence-corrected chi connectivity index (χ0v) is 15.9. The first-order chi connectivity index (χ1) is 14.0. The Morgan fingerprint density at radius 3 is 2.38 bits per heavy atom. The zero-order valence-electron chi connectivity index (χ0n) is 15.9. The van der Waals surface area contributed by atoms with E-state index >= 15 is 0 Å². The van der Waals surface area contributed by atoms with Crippen molar-refractivity contribution < 1.29 is 19.0 Å². The first kappa shape index (κ1) is 18.6. The molecule has 0 spiro atoms. The van der Waals surface area contributed by atoms with E-state index in [4.69, 9.17) is 4.74 Å². The van der Waals surface area contributed by atoms with Crippen LogP contribution in [0.2, 0.25) is 0 Å². The van der Waals surface area contributed by atoms with Crippen LogP contribution in [0.4, 0.5) is 4.39 Å². The van der Waals surface area contributed by atoms with Gasteiger partial charge in [-0.25, -0.2) is 14.2 Å². The Hall–Kier alpha value is -3.73. The van der Waals surface area contributed by atoms with Crippen molar-refractivity contribution >= 4 is 16.9 Å². The normalized spacial score (nSPS) is 10.9. The topological polar surface area (TPSA) is 59.4 Å². The number of nitrogens with zero attached hydrogens (tertiary/aromatic N) is 1. The molecule has 0 unspecified atom stereocenters. The summed E-state index contributed by atoms with van der Waals surface area (Å²) in [5, 5.41) is 10.0. The van der Waals surface area contributed by atoms with Gasteiger partial charge in [0.25, 0.3) is 0 Å². The SMILES string of the molecule is COc1ccccc1-c1ccc(-c2nc3ccc(F)cc3c(C(=O)O)c2C)cc1. The fraction of sp³-hybridized carbons (Fsp3) is 0.0833. The van der Waals surface area contributed by atoms with Gasteiger partial charge >= 0.3 is 5.97 Å². The van der Waals surface area contributed by atoms with Crippen molar-refractivity contribution in [2.75, 3.05) is 7.11 Å². The Morgan fingerprint density at radius 1 is 1.00 bits per heavy atom. The molecule has 5 heteroatoms. The van der Waals surface area contributed by atoms with Crippen LogP contribution in [0.5, 0.6) is 5.75 Å². The summed E-state index contributed by atoms with van der Waals surface area (Å²) in [6, 6.07) is 19.4. The summed E-state index contributed by atoms with van der Waals surface area (Å²) >= 11 is 0. The van der Waals surface area contributed by atoms with Gasteiger partial charge in [-0.05, 0) is 42.3 Å². The summed E-state index contributed by atoms with van der Waals surface area (Å²) in [5.74, 6) is -0.821. The number of pyridine rings is 1. The number of carboxylic acids is 1. The number of carboxylic acid groups (broad SMARTS) is 1. The number of aromatic nitrogens is 1. The lowest BCUT2D eigenvalue weighted by atomic mass is 9.96. The minimum absolute atomic E-state index is 0.0679. The van der Waals surface area contributed by atoms with E-state index in [0.717, 1.165) is 22.4 Å². The van der Waals surface area contributed by atoms with E-state index in [1.165, 1.54) is 18.2 Å². The lowest BCUT2D eigenvalue weighted by Gasteiger charge is -2.13. The molecular weight excluding hydrogens is 369 g/mol. The Balaban J connectivity index is 1.86. The second-order valence-electron chi connectivity index (χ2n) is 6.70. The third-order valence-electron chi connectivity index (χ3n) is 4.98. The van der Waals surface area contributed by atoms with Gasteiger partial charge in [-0.1, -0.05) is 42.5 Å². The van der Waals surface area contributed by atoms with Crippen molar-refractivity contribution in [1.29, 1.82) is 0 Å². The van der Waals surface area contributed by atoms with Crippen LogP contribution in [0, 0.1) is 12.7 Å². The van der Waals surface area contributed by atoms with Gasteiger partial charge in [0, 0.05) is 16.5 Å². The number of ether oxygens (including phenoxy) is 1. The molecule has 4 nitrogen and oxygen atoms in total. The Morgan fingerprint density at radius 2 is 1.69 bits per heavy atom. The molecule has 29 heavy (non-hydrogen) atoms. The van der Waals surface area contributed by atoms with Gasteiger partial charge in [0.05, 0.1) is 23.9 Å². The molecule has 3 aromatic carbocycles. The van der Waals surface area contributed by atoms with Crippen molar-refractivity contribution in [1.82, 2.24) is 4.98 Å². The van der Waals surface area contributed by atoms with Gasteiger partial charge in [0.1, 0.15) is 11.6 Å². The van der Waals surface area contributed by atoms with Crippen LogP contribution in [0.3, 0.4) is 0 Å². The van der Waals surface area contributed by atoms with Crippen molar-refractivity contribution in [3.63, 3.8) is 0 Å². The Kier molecular flexibility index (Phi) is 4.72. The first-order valence-corrected chi connectivity index (χ1v) is 9.06. The molecule has 0 saturated heterocycles. The predicted octanol–water partition coefficient (Wildman–Crippen LogP) is 5.72. The lowest BCUT2D eigenvalue weighted by Crippen LogP contribution is -2.05. The molecule has 4 rings (SSSR count). The molecule has 0 radical (unpaired) electrons. The van der Waals surface area contributed by atoms with Gasteiger partial charge < -0.3 is 9.84 Å². The number of hydrogen-bond donors (Lipinski definition) is 1. The van der Waals surface area contributed by atoms with Crippen LogP contribution in [-0.4, -0.2) is 23.2 Å². The molecule has 1 aromatic heterocycles. The van der Waals surface area contributed by atoms with Crippen LogP contribution >= 0.6 is 0 Å². The fourth-order valence-corrected chi connectivity index (χ4v) is 3.58. The number of carbonyl (C=O) groups is 1. The monoisotopic (exact) mass is 387 g/mol. The average Bonchev–Trinajstić information content (AvgIpc) is 2.73. The van der Waals surface area contributed by atoms with Crippen LogP contribution in [0.1, 0.15) is 15.9 Å². The molecule has 0 aliphatic heterocycles. The third kappa shape index (κ3) is 3.31. The van der Waals surface area contributed by atoms with Crippen LogP contribution < -0.4 is 4.74 Å². The van der Waals surface area contributed by atoms with Gasteiger partial charge in [-0.15, -0.1) is 0 Å². The molecule has 1 heterocycles. The summed E-state index contributed by atoms with van der Waals surface area (Å²) < 4.78 is 19.1. The molecule has 0 atom stereocenters. The number of fused-ring (bicyclic) bond motifs is 1. The Bertz CT molecular complexity index is 1230. The lowest BCUT2D eigenvalue weighted by molar-refractivity contribution is 0.0698. The van der Waals surface area contributed by atoms with Crippen molar-refractivity contribution in [3.8, 4) is 28.1 Å². The molecule has 144 valence electrons. The minimum Gasteiger partial charge on any atom is -0.496 e. The van der Waals surface area contributed by atoms with E-state index in [9.17, 15) is 14.3 Å². The first-order valence-electron chi connectivity index (χ1n) is 9.06. The number of methoxy groups -OCH3 is 1. The quantitative estimate of drug-likeness (QED) is 0.486. The molecule has 0 amide bonds. The average molecular weight is 387 g/mol. The van der Waals surface area contributed by atoms with Crippen LogP contribution in [0.15, 0.2) is 66.7 Å². The zero-order chi connectivity index (χ0) is 20.5. The number of hydrogen-bond acceptors (Lipinski definition) is 3. The molecule has 0 fully saturated rings. The molecule has 0 bridgehead atoms. The number of benzene rings is 3. The Labute approximate surface area is 167 Å². The molecule has 0 aliphatic carbocycles. The van der Waals surface area contributed by atoms with E-state index in [2.05, 4.69) is 4.98 Å². The highest BCUT2D eigenvalue weighted by atomic mass is 19.1. The summed E-state index contributed by atoms with van der Waals surface area (Å²) in [6.07, 6.45) is 0. The van der Waals surface area contributed by atoms with E-state index in [1.54, 1.807) is 14.0 Å². The number of para-hydroxylation sites is 1. The second-order valence-corrected chi connectivity index (χ2v) is 6.70. The minimum atomic E-state index is -1.10. The fourth-order valence-electron chi connectivity index (χ4n) is 3.58. The van der Waals surface area contributed by atoms with E-state index < -0.39 is 11.8 Å². The molecule has 4 aromatic rings. The van der Waals surface area contributed by atoms with E-state index in [0.29, 0.717) is 22.2 Å². The maximum Gasteiger partial charge on any atom is 0.336 e. The molecule has 1 N–H and O–H groups in total. The van der Waals surface area contributed by atoms with Crippen LogP contribution in [0.25, 0.3) is 33.3 Å². The highest BCUT2D eigenvalue weighted by molar-refractivity contribution is 6.05. The summed E-state index contributed by atoms with van der Waals surface area (Å²) in [5.41, 5.74) is 4.30. The highest BCUT2D eigenvalue weighted by Gasteiger charge is 2.19. The smallest absolute Gasteiger partial charge is 0.336 e. The summed E-state index contributed by atoms with van der Waals surface area (Å²) in [7, 11) is 1.63. The van der Waals surface area contributed by atoms with Crippen molar-refractivity contribution in [2.24, 2.45) is 0 Å². The van der Waals surface area contributed by atoms with Crippen LogP contribution in [-0.2, 0) is 0 Å². The molecule has 0 saturated carbocycles. The standard InChI is InChI=1S/C24H18FNO3/c1-14-22(24(27)28)19-13-17(25)11-12-20(19)26-23(14)16-9-7-15(8-10-16)18-5-3-4-6-21(18)29-2/h3-13H,1-2H3,(H,27,28). The highest BCUT2D eigenvalue weighted by Crippen LogP contribution is 2.33. The maximum atomic E-state index is 13.7. The molecule has 0 aliphatic rings. The van der Waals surface area contributed by atoms with Gasteiger partial charge in [-0.3, -0.25) is 0 Å². The number of aromatic carboxylic acids is 1. The van der Waals surface area contributed by atoms with E-state index in [1.807, 2.05) is 48.5 Å². The molecular formula is C24H18FNO3.